The number of aromatic nitrogens is 3. The number of nitrogens with two attached hydrogens (primary N) is 1. The molecule has 1 atom stereocenters. The van der Waals surface area contributed by atoms with Crippen LogP contribution in [-0.2, 0) is 17.8 Å². The lowest BCUT2D eigenvalue weighted by Gasteiger charge is -2.20. The lowest BCUT2D eigenvalue weighted by Crippen LogP contribution is -2.41. The van der Waals surface area contributed by atoms with Gasteiger partial charge in [0.1, 0.15) is 12.2 Å². The van der Waals surface area contributed by atoms with Crippen LogP contribution in [0, 0.1) is 0 Å². The van der Waals surface area contributed by atoms with E-state index in [9.17, 15) is 4.79 Å². The van der Waals surface area contributed by atoms with Crippen LogP contribution >= 0.6 is 0 Å². The third-order valence-electron chi connectivity index (χ3n) is 3.13. The molecule has 106 valence electrons. The van der Waals surface area contributed by atoms with Gasteiger partial charge in [-0.2, -0.15) is 5.10 Å². The van der Waals surface area contributed by atoms with E-state index in [2.05, 4.69) is 15.2 Å². The van der Waals surface area contributed by atoms with Crippen LogP contribution in [0.4, 0.5) is 0 Å². The standard InChI is InChI=1S/C14H19N5O/c1-19(9-13-16-10-17-18-13)14(20)12(15)8-7-11-5-3-2-4-6-11/h2-6,10,12H,7-9,15H2,1H3,(H,16,17,18). The highest BCUT2D eigenvalue weighted by Crippen LogP contribution is 2.06. The molecule has 1 unspecified atom stereocenters. The Kier molecular flexibility index (Phi) is 4.84. The highest BCUT2D eigenvalue weighted by Gasteiger charge is 2.18. The van der Waals surface area contributed by atoms with Crippen LogP contribution in [0.25, 0.3) is 0 Å². The molecule has 0 saturated carbocycles. The number of hydrogen-bond donors (Lipinski definition) is 2. The van der Waals surface area contributed by atoms with Crippen molar-refractivity contribution in [2.24, 2.45) is 5.73 Å². The van der Waals surface area contributed by atoms with Gasteiger partial charge in [0.15, 0.2) is 0 Å². The number of carbonyl (C=O) groups excluding carboxylic acids is 1. The quantitative estimate of drug-likeness (QED) is 0.812. The summed E-state index contributed by atoms with van der Waals surface area (Å²) in [6, 6.07) is 9.52. The molecular weight excluding hydrogens is 254 g/mol. The largest absolute Gasteiger partial charge is 0.337 e. The molecule has 20 heavy (non-hydrogen) atoms. The number of aromatic amines is 1. The molecule has 0 radical (unpaired) electrons. The number of nitrogens with zero attached hydrogens (tertiary/aromatic N) is 3. The first-order valence-corrected chi connectivity index (χ1v) is 6.55. The number of benzene rings is 1. The third-order valence-corrected chi connectivity index (χ3v) is 3.13. The fourth-order valence-corrected chi connectivity index (χ4v) is 1.98. The van der Waals surface area contributed by atoms with Crippen LogP contribution in [0.3, 0.4) is 0 Å². The Morgan fingerprint density at radius 2 is 2.15 bits per heavy atom. The van der Waals surface area contributed by atoms with E-state index in [1.165, 1.54) is 11.9 Å². The van der Waals surface area contributed by atoms with Crippen molar-refractivity contribution in [2.75, 3.05) is 7.05 Å². The summed E-state index contributed by atoms with van der Waals surface area (Å²) in [5, 5.41) is 6.47. The van der Waals surface area contributed by atoms with Gasteiger partial charge in [-0.15, -0.1) is 0 Å². The highest BCUT2D eigenvalue weighted by atomic mass is 16.2. The minimum absolute atomic E-state index is 0.0858. The third kappa shape index (κ3) is 3.89. The summed E-state index contributed by atoms with van der Waals surface area (Å²) < 4.78 is 0. The van der Waals surface area contributed by atoms with Crippen LogP contribution in [-0.4, -0.2) is 39.1 Å². The van der Waals surface area contributed by atoms with Crippen molar-refractivity contribution < 1.29 is 4.79 Å². The molecular formula is C14H19N5O. The van der Waals surface area contributed by atoms with Crippen molar-refractivity contribution in [2.45, 2.75) is 25.4 Å². The van der Waals surface area contributed by atoms with Gasteiger partial charge in [0.2, 0.25) is 5.91 Å². The molecule has 0 aliphatic carbocycles. The van der Waals surface area contributed by atoms with Gasteiger partial charge in [-0.25, -0.2) is 4.98 Å². The van der Waals surface area contributed by atoms with Gasteiger partial charge in [0.25, 0.3) is 0 Å². The Bertz CT molecular complexity index is 526. The van der Waals surface area contributed by atoms with E-state index in [0.29, 0.717) is 18.8 Å². The number of aryl methyl sites for hydroxylation is 1. The predicted molar refractivity (Wildman–Crippen MR) is 75.6 cm³/mol. The second kappa shape index (κ2) is 6.81. The van der Waals surface area contributed by atoms with Gasteiger partial charge >= 0.3 is 0 Å². The maximum Gasteiger partial charge on any atom is 0.239 e. The summed E-state index contributed by atoms with van der Waals surface area (Å²) in [4.78, 5) is 17.7. The Hall–Kier alpha value is -2.21. The van der Waals surface area contributed by atoms with Crippen molar-refractivity contribution >= 4 is 5.91 Å². The van der Waals surface area contributed by atoms with Gasteiger partial charge in [-0.1, -0.05) is 30.3 Å². The zero-order chi connectivity index (χ0) is 14.4. The fraction of sp³-hybridized carbons (Fsp3) is 0.357. The summed E-state index contributed by atoms with van der Waals surface area (Å²) in [6.45, 7) is 0.387. The second-order valence-electron chi connectivity index (χ2n) is 4.76. The number of hydrogen-bond acceptors (Lipinski definition) is 4. The van der Waals surface area contributed by atoms with Crippen LogP contribution in [0.5, 0.6) is 0 Å². The van der Waals surface area contributed by atoms with Crippen molar-refractivity contribution in [3.8, 4) is 0 Å². The normalized spacial score (nSPS) is 12.1. The Morgan fingerprint density at radius 1 is 1.40 bits per heavy atom. The Labute approximate surface area is 118 Å². The molecule has 2 aromatic rings. The molecule has 1 aromatic heterocycles. The summed E-state index contributed by atoms with van der Waals surface area (Å²) >= 11 is 0. The average molecular weight is 273 g/mol. The average Bonchev–Trinajstić information content (AvgIpc) is 2.98. The number of rotatable bonds is 6. The predicted octanol–water partition coefficient (Wildman–Crippen LogP) is 0.723. The maximum absolute atomic E-state index is 12.1. The molecule has 0 aliphatic heterocycles. The molecule has 1 amide bonds. The molecule has 1 heterocycles. The van der Waals surface area contributed by atoms with E-state index in [1.54, 1.807) is 11.9 Å². The van der Waals surface area contributed by atoms with Crippen molar-refractivity contribution in [3.63, 3.8) is 0 Å². The van der Waals surface area contributed by atoms with Crippen LogP contribution in [0.1, 0.15) is 17.8 Å². The summed E-state index contributed by atoms with van der Waals surface area (Å²) in [6.07, 6.45) is 2.84. The van der Waals surface area contributed by atoms with Crippen molar-refractivity contribution in [1.82, 2.24) is 20.1 Å². The first-order valence-electron chi connectivity index (χ1n) is 6.55. The molecule has 0 bridgehead atoms. The molecule has 0 spiro atoms. The molecule has 2 rings (SSSR count). The monoisotopic (exact) mass is 273 g/mol. The second-order valence-corrected chi connectivity index (χ2v) is 4.76. The first kappa shape index (κ1) is 14.2. The summed E-state index contributed by atoms with van der Waals surface area (Å²) in [5.74, 6) is 0.563. The summed E-state index contributed by atoms with van der Waals surface area (Å²) in [7, 11) is 1.72. The van der Waals surface area contributed by atoms with Crippen LogP contribution in [0.15, 0.2) is 36.7 Å². The molecule has 0 fully saturated rings. The van der Waals surface area contributed by atoms with Gasteiger partial charge in [-0.3, -0.25) is 9.89 Å². The van der Waals surface area contributed by atoms with Gasteiger partial charge in [0, 0.05) is 7.05 Å². The molecule has 1 aromatic carbocycles. The summed E-state index contributed by atoms with van der Waals surface area (Å²) in [5.41, 5.74) is 7.15. The first-order chi connectivity index (χ1) is 9.66. The minimum atomic E-state index is -0.497. The number of carbonyl (C=O) groups is 1. The highest BCUT2D eigenvalue weighted by molar-refractivity contribution is 5.81. The van der Waals surface area contributed by atoms with Gasteiger partial charge in [0.05, 0.1) is 12.6 Å². The van der Waals surface area contributed by atoms with Crippen molar-refractivity contribution in [1.29, 1.82) is 0 Å². The zero-order valence-corrected chi connectivity index (χ0v) is 11.5. The minimum Gasteiger partial charge on any atom is -0.337 e. The van der Waals surface area contributed by atoms with E-state index < -0.39 is 6.04 Å². The number of likely N-dealkylation sites (N-methyl/N-ethyl adjacent to an activating group) is 1. The molecule has 0 aliphatic rings. The SMILES string of the molecule is CN(Cc1ncn[nH]1)C(=O)C(N)CCc1ccccc1. The topological polar surface area (TPSA) is 87.9 Å². The Morgan fingerprint density at radius 3 is 2.80 bits per heavy atom. The lowest BCUT2D eigenvalue weighted by molar-refractivity contribution is -0.132. The van der Waals surface area contributed by atoms with Crippen LogP contribution < -0.4 is 5.73 Å². The molecule has 6 nitrogen and oxygen atoms in total. The smallest absolute Gasteiger partial charge is 0.239 e. The number of amides is 1. The Balaban J connectivity index is 1.82. The van der Waals surface area contributed by atoms with Gasteiger partial charge in [-0.05, 0) is 18.4 Å². The molecule has 6 heteroatoms. The lowest BCUT2D eigenvalue weighted by atomic mass is 10.1. The van der Waals surface area contributed by atoms with E-state index in [1.807, 2.05) is 30.3 Å². The van der Waals surface area contributed by atoms with Crippen LogP contribution in [0.2, 0.25) is 0 Å². The zero-order valence-electron chi connectivity index (χ0n) is 11.5. The fourth-order valence-electron chi connectivity index (χ4n) is 1.98. The molecule has 3 N–H and O–H groups in total. The van der Waals surface area contributed by atoms with Gasteiger partial charge < -0.3 is 10.6 Å². The maximum atomic E-state index is 12.1. The van der Waals surface area contributed by atoms with E-state index in [-0.39, 0.29) is 5.91 Å². The van der Waals surface area contributed by atoms with Crippen molar-refractivity contribution in [3.05, 3.63) is 48.0 Å². The van der Waals surface area contributed by atoms with E-state index in [0.717, 1.165) is 6.42 Å². The van der Waals surface area contributed by atoms with E-state index in [4.69, 9.17) is 5.73 Å². The molecule has 0 saturated heterocycles. The number of H-pyrrole nitrogens is 1. The van der Waals surface area contributed by atoms with E-state index >= 15 is 0 Å². The number of nitrogens with one attached hydrogen (secondary N) is 1.